The number of H-pyrrole nitrogens is 1. The Kier molecular flexibility index (Phi) is 3.32. The molecule has 1 saturated carbocycles. The first-order valence-electron chi connectivity index (χ1n) is 6.98. The smallest absolute Gasteiger partial charge is 0.293 e. The van der Waals surface area contributed by atoms with E-state index in [1.54, 1.807) is 6.07 Å². The van der Waals surface area contributed by atoms with Gasteiger partial charge in [-0.05, 0) is 31.7 Å². The van der Waals surface area contributed by atoms with E-state index >= 15 is 0 Å². The summed E-state index contributed by atoms with van der Waals surface area (Å²) in [4.78, 5) is 29.0. The fourth-order valence-electron chi connectivity index (χ4n) is 2.67. The fourth-order valence-corrected chi connectivity index (χ4v) is 2.67. The van der Waals surface area contributed by atoms with Crippen molar-refractivity contribution in [3.05, 3.63) is 38.9 Å². The maximum atomic E-state index is 11.7. The summed E-state index contributed by atoms with van der Waals surface area (Å²) in [5.41, 5.74) is 0.409. The van der Waals surface area contributed by atoms with Gasteiger partial charge in [0, 0.05) is 12.1 Å². The van der Waals surface area contributed by atoms with Gasteiger partial charge in [0.25, 0.3) is 11.2 Å². The van der Waals surface area contributed by atoms with E-state index in [1.165, 1.54) is 18.8 Å². The van der Waals surface area contributed by atoms with E-state index in [4.69, 9.17) is 0 Å². The summed E-state index contributed by atoms with van der Waals surface area (Å²) in [5, 5.41) is 14.7. The number of hydrogen-bond acceptors (Lipinski definition) is 5. The number of nitro benzene ring substituents is 1. The van der Waals surface area contributed by atoms with Crippen molar-refractivity contribution >= 4 is 22.3 Å². The molecule has 0 aliphatic heterocycles. The highest BCUT2D eigenvalue weighted by Crippen LogP contribution is 2.34. The largest absolute Gasteiger partial charge is 0.377 e. The van der Waals surface area contributed by atoms with Crippen molar-refractivity contribution < 1.29 is 4.92 Å². The van der Waals surface area contributed by atoms with Gasteiger partial charge in [-0.15, -0.1) is 0 Å². The molecule has 1 fully saturated rings. The van der Waals surface area contributed by atoms with Gasteiger partial charge >= 0.3 is 0 Å². The predicted molar refractivity (Wildman–Crippen MR) is 79.4 cm³/mol. The standard InChI is InChI=1S/C14H16N4O3/c1-8(9-3-2-4-9)17-12-6-11-10(5-13(12)18(20)21)14(19)16-7-15-11/h5-9,17H,2-4H2,1H3,(H,15,16,19). The Morgan fingerprint density at radius 1 is 1.48 bits per heavy atom. The van der Waals surface area contributed by atoms with E-state index in [2.05, 4.69) is 15.3 Å². The van der Waals surface area contributed by atoms with E-state index in [0.29, 0.717) is 17.1 Å². The highest BCUT2D eigenvalue weighted by molar-refractivity contribution is 5.86. The molecule has 1 aliphatic carbocycles. The summed E-state index contributed by atoms with van der Waals surface area (Å²) in [7, 11) is 0. The third kappa shape index (κ3) is 2.46. The van der Waals surface area contributed by atoms with Crippen LogP contribution in [0.1, 0.15) is 26.2 Å². The number of aromatic amines is 1. The molecule has 1 aromatic carbocycles. The van der Waals surface area contributed by atoms with Crippen LogP contribution in [-0.2, 0) is 0 Å². The van der Waals surface area contributed by atoms with Crippen LogP contribution >= 0.6 is 0 Å². The van der Waals surface area contributed by atoms with E-state index in [9.17, 15) is 14.9 Å². The number of benzene rings is 1. The van der Waals surface area contributed by atoms with Crippen LogP contribution in [0.2, 0.25) is 0 Å². The number of nitrogens with one attached hydrogen (secondary N) is 2. The first-order valence-corrected chi connectivity index (χ1v) is 6.98. The molecular formula is C14H16N4O3. The normalized spacial score (nSPS) is 16.4. The molecule has 21 heavy (non-hydrogen) atoms. The summed E-state index contributed by atoms with van der Waals surface area (Å²) in [6.45, 7) is 2.03. The summed E-state index contributed by atoms with van der Waals surface area (Å²) in [6, 6.07) is 3.03. The first-order chi connectivity index (χ1) is 10.1. The van der Waals surface area contributed by atoms with Crippen LogP contribution in [0.3, 0.4) is 0 Å². The van der Waals surface area contributed by atoms with E-state index in [-0.39, 0.29) is 22.7 Å². The Morgan fingerprint density at radius 2 is 2.24 bits per heavy atom. The van der Waals surface area contributed by atoms with Gasteiger partial charge in [0.15, 0.2) is 0 Å². The molecule has 1 aliphatic rings. The van der Waals surface area contributed by atoms with E-state index in [0.717, 1.165) is 12.8 Å². The maximum Gasteiger partial charge on any atom is 0.293 e. The Bertz CT molecular complexity index is 751. The quantitative estimate of drug-likeness (QED) is 0.664. The van der Waals surface area contributed by atoms with Crippen molar-refractivity contribution in [1.29, 1.82) is 0 Å². The van der Waals surface area contributed by atoms with Gasteiger partial charge in [-0.2, -0.15) is 0 Å². The summed E-state index contributed by atoms with van der Waals surface area (Å²) in [5.74, 6) is 0.549. The molecule has 110 valence electrons. The molecule has 7 heteroatoms. The number of fused-ring (bicyclic) bond motifs is 1. The number of hydrogen-bond donors (Lipinski definition) is 2. The molecule has 0 spiro atoms. The Labute approximate surface area is 120 Å². The molecule has 1 unspecified atom stereocenters. The number of rotatable bonds is 4. The van der Waals surface area contributed by atoms with Crippen LogP contribution in [0.4, 0.5) is 11.4 Å². The summed E-state index contributed by atoms with van der Waals surface area (Å²) in [6.07, 6.45) is 4.81. The van der Waals surface area contributed by atoms with Gasteiger partial charge in [-0.25, -0.2) is 4.98 Å². The lowest BCUT2D eigenvalue weighted by Crippen LogP contribution is -2.31. The van der Waals surface area contributed by atoms with Crippen molar-refractivity contribution in [3.8, 4) is 0 Å². The minimum Gasteiger partial charge on any atom is -0.377 e. The molecule has 3 rings (SSSR count). The molecule has 1 aromatic heterocycles. The second-order valence-corrected chi connectivity index (χ2v) is 5.50. The van der Waals surface area contributed by atoms with Crippen molar-refractivity contribution in [3.63, 3.8) is 0 Å². The minimum atomic E-state index is -0.471. The Balaban J connectivity index is 2.04. The van der Waals surface area contributed by atoms with Gasteiger partial charge in [0.2, 0.25) is 0 Å². The summed E-state index contributed by atoms with van der Waals surface area (Å²) < 4.78 is 0. The Hall–Kier alpha value is -2.44. The van der Waals surface area contributed by atoms with Crippen LogP contribution in [0.25, 0.3) is 10.9 Å². The van der Waals surface area contributed by atoms with Crippen molar-refractivity contribution in [1.82, 2.24) is 9.97 Å². The zero-order valence-electron chi connectivity index (χ0n) is 11.6. The minimum absolute atomic E-state index is 0.0906. The number of aromatic nitrogens is 2. The number of anilines is 1. The highest BCUT2D eigenvalue weighted by Gasteiger charge is 2.26. The van der Waals surface area contributed by atoms with Crippen LogP contribution in [0, 0.1) is 16.0 Å². The number of nitrogens with zero attached hydrogens (tertiary/aromatic N) is 2. The van der Waals surface area contributed by atoms with E-state index in [1.807, 2.05) is 6.92 Å². The molecule has 7 nitrogen and oxygen atoms in total. The SMILES string of the molecule is CC(Nc1cc2nc[nH]c(=O)c2cc1[N+](=O)[O-])C1CCC1. The van der Waals surface area contributed by atoms with Gasteiger partial charge < -0.3 is 10.3 Å². The number of nitro groups is 1. The van der Waals surface area contributed by atoms with Crippen molar-refractivity contribution in [2.75, 3.05) is 5.32 Å². The van der Waals surface area contributed by atoms with Crippen molar-refractivity contribution in [2.24, 2.45) is 5.92 Å². The fraction of sp³-hybridized carbons (Fsp3) is 0.429. The van der Waals surface area contributed by atoms with Crippen molar-refractivity contribution in [2.45, 2.75) is 32.2 Å². The lowest BCUT2D eigenvalue weighted by molar-refractivity contribution is -0.383. The van der Waals surface area contributed by atoms with Gasteiger partial charge in [-0.1, -0.05) is 6.42 Å². The summed E-state index contributed by atoms with van der Waals surface area (Å²) >= 11 is 0. The molecule has 0 radical (unpaired) electrons. The molecule has 0 saturated heterocycles. The zero-order chi connectivity index (χ0) is 15.0. The van der Waals surface area contributed by atoms with Gasteiger partial charge in [0.1, 0.15) is 5.69 Å². The van der Waals surface area contributed by atoms with Crippen LogP contribution in [0.5, 0.6) is 0 Å². The average molecular weight is 288 g/mol. The lowest BCUT2D eigenvalue weighted by Gasteiger charge is -2.32. The molecule has 2 aromatic rings. The second kappa shape index (κ2) is 5.16. The topological polar surface area (TPSA) is 101 Å². The average Bonchev–Trinajstić information content (AvgIpc) is 2.35. The van der Waals surface area contributed by atoms with Crippen LogP contribution < -0.4 is 10.9 Å². The van der Waals surface area contributed by atoms with E-state index < -0.39 is 4.92 Å². The molecule has 2 N–H and O–H groups in total. The first kappa shape index (κ1) is 13.5. The molecule has 1 atom stereocenters. The molecular weight excluding hydrogens is 272 g/mol. The van der Waals surface area contributed by atoms with Gasteiger partial charge in [0.05, 0.1) is 22.2 Å². The van der Waals surface area contributed by atoms with Crippen LogP contribution in [-0.4, -0.2) is 20.9 Å². The monoisotopic (exact) mass is 288 g/mol. The third-order valence-corrected chi connectivity index (χ3v) is 4.19. The maximum absolute atomic E-state index is 11.7. The predicted octanol–water partition coefficient (Wildman–Crippen LogP) is 2.43. The molecule has 0 amide bonds. The van der Waals surface area contributed by atoms with Crippen LogP contribution in [0.15, 0.2) is 23.3 Å². The highest BCUT2D eigenvalue weighted by atomic mass is 16.6. The third-order valence-electron chi connectivity index (χ3n) is 4.19. The van der Waals surface area contributed by atoms with Gasteiger partial charge in [-0.3, -0.25) is 14.9 Å². The zero-order valence-corrected chi connectivity index (χ0v) is 11.6. The lowest BCUT2D eigenvalue weighted by atomic mass is 9.80. The molecule has 0 bridgehead atoms. The molecule has 1 heterocycles. The second-order valence-electron chi connectivity index (χ2n) is 5.50. The Morgan fingerprint density at radius 3 is 2.86 bits per heavy atom.